The van der Waals surface area contributed by atoms with Gasteiger partial charge in [0.05, 0.1) is 13.7 Å². The summed E-state index contributed by atoms with van der Waals surface area (Å²) in [4.78, 5) is 22.9. The molecule has 0 fully saturated rings. The molecule has 0 saturated carbocycles. The van der Waals surface area contributed by atoms with Gasteiger partial charge >= 0.3 is 11.9 Å². The Kier molecular flexibility index (Phi) is 15.5. The molecule has 6 nitrogen and oxygen atoms in total. The van der Waals surface area contributed by atoms with Crippen molar-refractivity contribution in [3.63, 3.8) is 0 Å². The lowest BCUT2D eigenvalue weighted by molar-refractivity contribution is -0.145. The predicted molar refractivity (Wildman–Crippen MR) is 95.5 cm³/mol. The zero-order chi connectivity index (χ0) is 18.3. The van der Waals surface area contributed by atoms with E-state index < -0.39 is 11.9 Å². The quantitative estimate of drug-likeness (QED) is 0.357. The van der Waals surface area contributed by atoms with Crippen LogP contribution in [0.3, 0.4) is 0 Å². The van der Waals surface area contributed by atoms with E-state index in [1.807, 2.05) is 13.8 Å². The number of carbonyl (C=O) groups is 2. The van der Waals surface area contributed by atoms with Crippen molar-refractivity contribution in [2.75, 3.05) is 19.1 Å². The maximum Gasteiger partial charge on any atom is 0.347 e. The van der Waals surface area contributed by atoms with Crippen LogP contribution in [0.4, 0.5) is 0 Å². The summed E-state index contributed by atoms with van der Waals surface area (Å²) in [6.45, 7) is 10.1. The highest BCUT2D eigenvalue weighted by Gasteiger charge is 2.20. The van der Waals surface area contributed by atoms with Crippen LogP contribution >= 0.6 is 15.9 Å². The number of nitrogens with zero attached hydrogens (tertiary/aromatic N) is 1. The van der Waals surface area contributed by atoms with Gasteiger partial charge in [0, 0.05) is 23.1 Å². The van der Waals surface area contributed by atoms with E-state index in [0.717, 1.165) is 4.47 Å². The first-order valence-corrected chi connectivity index (χ1v) is 8.34. The third-order valence-electron chi connectivity index (χ3n) is 1.92. The molecule has 23 heavy (non-hydrogen) atoms. The number of hydrogen-bond acceptors (Lipinski definition) is 5. The summed E-state index contributed by atoms with van der Waals surface area (Å²) in [5.41, 5.74) is 2.54. The molecule has 0 aliphatic rings. The Morgan fingerprint density at radius 2 is 1.83 bits per heavy atom. The number of ether oxygens (including phenoxy) is 2. The molecule has 1 rings (SSSR count). The molecule has 0 bridgehead atoms. The minimum absolute atomic E-state index is 0.183. The highest BCUT2D eigenvalue weighted by molar-refractivity contribution is 9.10. The lowest BCUT2D eigenvalue weighted by Gasteiger charge is -2.06. The summed E-state index contributed by atoms with van der Waals surface area (Å²) >= 11 is 3.27. The number of aromatic nitrogens is 1. The molecule has 0 atom stereocenters. The summed E-state index contributed by atoms with van der Waals surface area (Å²) in [6.07, 6.45) is 5.91. The number of carbonyl (C=O) groups excluding carboxylic acids is 2. The first-order chi connectivity index (χ1) is 11.0. The molecule has 1 N–H and O–H groups in total. The molecule has 0 saturated heterocycles. The summed E-state index contributed by atoms with van der Waals surface area (Å²) < 4.78 is 11.7. The normalized spacial score (nSPS) is 9.61. The van der Waals surface area contributed by atoms with Crippen LogP contribution in [0.15, 0.2) is 34.7 Å². The Bertz CT molecular complexity index is 484. The minimum Gasteiger partial charge on any atom is -0.465 e. The van der Waals surface area contributed by atoms with Crippen molar-refractivity contribution in [3.8, 4) is 0 Å². The second-order valence-electron chi connectivity index (χ2n) is 3.84. The molecular weight excluding hydrogens is 364 g/mol. The number of methoxy groups -OCH3 is 1. The van der Waals surface area contributed by atoms with E-state index in [1.54, 1.807) is 30.1 Å². The number of esters is 2. The van der Waals surface area contributed by atoms with Gasteiger partial charge in [-0.05, 0) is 28.9 Å². The second-order valence-corrected chi connectivity index (χ2v) is 4.76. The average molecular weight is 391 g/mol. The lowest BCUT2D eigenvalue weighted by Crippen LogP contribution is -2.20. The molecule has 0 amide bonds. The van der Waals surface area contributed by atoms with E-state index in [2.05, 4.69) is 39.9 Å². The molecule has 0 radical (unpaired) electrons. The van der Waals surface area contributed by atoms with Crippen molar-refractivity contribution in [2.24, 2.45) is 0 Å². The van der Waals surface area contributed by atoms with Gasteiger partial charge in [-0.25, -0.2) is 9.59 Å². The van der Waals surface area contributed by atoms with E-state index in [-0.39, 0.29) is 12.2 Å². The molecule has 1 aromatic rings. The average Bonchev–Trinajstić information content (AvgIpc) is 2.95. The van der Waals surface area contributed by atoms with Crippen LogP contribution in [-0.2, 0) is 19.1 Å². The predicted octanol–water partition coefficient (Wildman–Crippen LogP) is 3.86. The van der Waals surface area contributed by atoms with E-state index in [1.165, 1.54) is 19.7 Å². The van der Waals surface area contributed by atoms with Crippen molar-refractivity contribution in [1.29, 1.82) is 0 Å². The zero-order valence-corrected chi connectivity index (χ0v) is 16.3. The first kappa shape index (κ1) is 23.5. The Labute approximate surface area is 146 Å². The molecule has 0 aliphatic carbocycles. The molecule has 132 valence electrons. The largest absolute Gasteiger partial charge is 0.465 e. The number of rotatable bonds is 5. The van der Waals surface area contributed by atoms with Crippen molar-refractivity contribution in [2.45, 2.75) is 41.0 Å². The van der Waals surface area contributed by atoms with Gasteiger partial charge in [-0.3, -0.25) is 4.68 Å². The highest BCUT2D eigenvalue weighted by atomic mass is 79.9. The number of halogens is 1. The van der Waals surface area contributed by atoms with Crippen molar-refractivity contribution < 1.29 is 19.1 Å². The van der Waals surface area contributed by atoms with Crippen molar-refractivity contribution in [3.05, 3.63) is 34.7 Å². The second kappa shape index (κ2) is 15.1. The summed E-state index contributed by atoms with van der Waals surface area (Å²) in [6, 6.07) is 1.79. The van der Waals surface area contributed by atoms with Gasteiger partial charge in [0.2, 0.25) is 0 Å². The van der Waals surface area contributed by atoms with Crippen LogP contribution in [0.5, 0.6) is 0 Å². The Balaban J connectivity index is 0. The maximum atomic E-state index is 11.5. The summed E-state index contributed by atoms with van der Waals surface area (Å²) in [5, 5.41) is 0. The topological polar surface area (TPSA) is 69.6 Å². The summed E-state index contributed by atoms with van der Waals surface area (Å²) in [5.74, 6) is -1.49. The SMILES string of the molecule is CC.CCC.CCOC(=O)/C(=C/Nn1ccc(Br)c1)C(=O)OC. The molecule has 7 heteroatoms. The van der Waals surface area contributed by atoms with E-state index >= 15 is 0 Å². The molecule has 1 heterocycles. The molecule has 0 unspecified atom stereocenters. The summed E-state index contributed by atoms with van der Waals surface area (Å²) in [7, 11) is 1.20. The zero-order valence-electron chi connectivity index (χ0n) is 14.7. The van der Waals surface area contributed by atoms with Crippen molar-refractivity contribution in [1.82, 2.24) is 4.68 Å². The van der Waals surface area contributed by atoms with Crippen molar-refractivity contribution >= 4 is 27.9 Å². The third kappa shape index (κ3) is 10.6. The van der Waals surface area contributed by atoms with E-state index in [9.17, 15) is 9.59 Å². The monoisotopic (exact) mass is 390 g/mol. The maximum absolute atomic E-state index is 11.5. The van der Waals surface area contributed by atoms with Gasteiger partial charge in [0.1, 0.15) is 0 Å². The third-order valence-corrected chi connectivity index (χ3v) is 2.38. The Morgan fingerprint density at radius 3 is 2.22 bits per heavy atom. The number of hydrogen-bond donors (Lipinski definition) is 1. The van der Waals surface area contributed by atoms with Gasteiger partial charge in [-0.2, -0.15) is 0 Å². The molecule has 0 aliphatic heterocycles. The highest BCUT2D eigenvalue weighted by Crippen LogP contribution is 2.08. The fraction of sp³-hybridized carbons (Fsp3) is 0.500. The molecule has 0 aromatic carbocycles. The van der Waals surface area contributed by atoms with E-state index in [4.69, 9.17) is 4.74 Å². The molecule has 0 spiro atoms. The van der Waals surface area contributed by atoms with Crippen LogP contribution in [-0.4, -0.2) is 30.3 Å². The fourth-order valence-corrected chi connectivity index (χ4v) is 1.45. The van der Waals surface area contributed by atoms with E-state index in [0.29, 0.717) is 0 Å². The van der Waals surface area contributed by atoms with Gasteiger partial charge in [-0.15, -0.1) is 0 Å². The Morgan fingerprint density at radius 1 is 1.26 bits per heavy atom. The lowest BCUT2D eigenvalue weighted by atomic mass is 10.3. The Hall–Kier alpha value is -1.76. The van der Waals surface area contributed by atoms with Gasteiger partial charge in [-0.1, -0.05) is 34.1 Å². The smallest absolute Gasteiger partial charge is 0.347 e. The van der Waals surface area contributed by atoms with Gasteiger partial charge in [0.25, 0.3) is 0 Å². The van der Waals surface area contributed by atoms with Crippen LogP contribution in [0.25, 0.3) is 0 Å². The molecular formula is C16H27BrN2O4. The standard InChI is InChI=1S/C11H13BrN2O4.C3H8.C2H6/c1-3-18-11(16)9(10(15)17-2)6-13-14-5-4-8(12)7-14;1-3-2;1-2/h4-7,13H,3H2,1-2H3;3H2,1-2H3;1-2H3/b9-6+;;. The fourth-order valence-electron chi connectivity index (χ4n) is 1.11. The van der Waals surface area contributed by atoms with Gasteiger partial charge in [0.15, 0.2) is 5.57 Å². The number of nitrogens with one attached hydrogen (secondary N) is 1. The van der Waals surface area contributed by atoms with Gasteiger partial charge < -0.3 is 14.9 Å². The van der Waals surface area contributed by atoms with Crippen LogP contribution in [0.2, 0.25) is 0 Å². The van der Waals surface area contributed by atoms with Crippen LogP contribution < -0.4 is 5.43 Å². The van der Waals surface area contributed by atoms with Crippen LogP contribution in [0, 0.1) is 0 Å². The van der Waals surface area contributed by atoms with Crippen LogP contribution in [0.1, 0.15) is 41.0 Å². The minimum atomic E-state index is -0.757. The first-order valence-electron chi connectivity index (χ1n) is 7.55. The molecule has 1 aromatic heterocycles.